The number of hydrogen-bond acceptors (Lipinski definition) is 3. The maximum atomic E-state index is 13.8. The molecule has 6 nitrogen and oxygen atoms in total. The van der Waals surface area contributed by atoms with E-state index in [4.69, 9.17) is 4.74 Å². The highest BCUT2D eigenvalue weighted by Crippen LogP contribution is 2.47. The number of halogens is 1. The van der Waals surface area contributed by atoms with Gasteiger partial charge in [-0.15, -0.1) is 0 Å². The van der Waals surface area contributed by atoms with Gasteiger partial charge in [0.2, 0.25) is 0 Å². The minimum atomic E-state index is -0.684. The van der Waals surface area contributed by atoms with Gasteiger partial charge in [0.1, 0.15) is 5.82 Å². The zero-order chi connectivity index (χ0) is 23.2. The first-order valence-electron chi connectivity index (χ1n) is 12.2. The van der Waals surface area contributed by atoms with Crippen molar-refractivity contribution >= 4 is 27.8 Å². The Kier molecular flexibility index (Phi) is 5.37. The van der Waals surface area contributed by atoms with Crippen LogP contribution in [0.3, 0.4) is 0 Å². The second-order valence-electron chi connectivity index (χ2n) is 9.71. The Bertz CT molecular complexity index is 1340. The molecule has 2 aromatic heterocycles. The fraction of sp³-hybridized carbons (Fsp3) is 0.407. The summed E-state index contributed by atoms with van der Waals surface area (Å²) in [4.78, 5) is 11.6. The molecule has 1 aliphatic heterocycles. The van der Waals surface area contributed by atoms with Crippen LogP contribution < -0.4 is 0 Å². The van der Waals surface area contributed by atoms with Gasteiger partial charge in [-0.05, 0) is 86.4 Å². The van der Waals surface area contributed by atoms with Crippen LogP contribution in [0, 0.1) is 11.7 Å². The fourth-order valence-electron chi connectivity index (χ4n) is 6.07. The largest absolute Gasteiger partial charge is 0.481 e. The number of aromatic nitrogens is 3. The SMILES string of the molecule is O=C(O)[C@H]1CC[C@H](c2c(C3CCOCC3)n(-c3ccc(F)cc3)c3cc4cn[nH]c4cc32)CC1. The van der Waals surface area contributed by atoms with E-state index >= 15 is 0 Å². The smallest absolute Gasteiger partial charge is 0.306 e. The molecule has 0 radical (unpaired) electrons. The molecule has 2 aliphatic rings. The lowest BCUT2D eigenvalue weighted by Gasteiger charge is -2.30. The van der Waals surface area contributed by atoms with E-state index in [1.807, 2.05) is 18.3 Å². The highest BCUT2D eigenvalue weighted by Gasteiger charge is 2.34. The summed E-state index contributed by atoms with van der Waals surface area (Å²) in [5.41, 5.74) is 5.64. The molecule has 0 bridgehead atoms. The average Bonchev–Trinajstić information content (AvgIpc) is 3.45. The summed E-state index contributed by atoms with van der Waals surface area (Å²) in [6.45, 7) is 1.46. The number of benzene rings is 2. The number of carbonyl (C=O) groups is 1. The first-order valence-corrected chi connectivity index (χ1v) is 12.2. The Morgan fingerprint density at radius 1 is 1.03 bits per heavy atom. The number of carboxylic acid groups (broad SMARTS) is 1. The lowest BCUT2D eigenvalue weighted by molar-refractivity contribution is -0.142. The van der Waals surface area contributed by atoms with E-state index in [9.17, 15) is 14.3 Å². The van der Waals surface area contributed by atoms with Crippen molar-refractivity contribution in [1.82, 2.24) is 14.8 Å². The minimum Gasteiger partial charge on any atom is -0.481 e. The molecule has 2 fully saturated rings. The summed E-state index contributed by atoms with van der Waals surface area (Å²) in [5.74, 6) is -0.575. The van der Waals surface area contributed by atoms with E-state index < -0.39 is 5.97 Å². The number of carboxylic acids is 1. The molecule has 6 rings (SSSR count). The van der Waals surface area contributed by atoms with E-state index in [0.29, 0.717) is 18.8 Å². The number of H-pyrrole nitrogens is 1. The van der Waals surface area contributed by atoms with Crippen molar-refractivity contribution in [2.75, 3.05) is 13.2 Å². The molecular weight excluding hydrogens is 433 g/mol. The number of nitrogens with zero attached hydrogens (tertiary/aromatic N) is 2. The number of fused-ring (bicyclic) bond motifs is 2. The Labute approximate surface area is 196 Å². The van der Waals surface area contributed by atoms with Gasteiger partial charge in [0, 0.05) is 41.3 Å². The highest BCUT2D eigenvalue weighted by molar-refractivity contribution is 5.99. The Hall–Kier alpha value is -3.19. The van der Waals surface area contributed by atoms with Crippen molar-refractivity contribution in [3.8, 4) is 5.69 Å². The van der Waals surface area contributed by atoms with Gasteiger partial charge in [-0.1, -0.05) is 0 Å². The van der Waals surface area contributed by atoms with E-state index in [2.05, 4.69) is 26.9 Å². The number of aliphatic carboxylic acids is 1. The summed E-state index contributed by atoms with van der Waals surface area (Å²) >= 11 is 0. The molecular formula is C27H28FN3O3. The van der Waals surface area contributed by atoms with Gasteiger partial charge in [-0.25, -0.2) is 4.39 Å². The van der Waals surface area contributed by atoms with Crippen LogP contribution in [0.5, 0.6) is 0 Å². The van der Waals surface area contributed by atoms with Gasteiger partial charge in [0.25, 0.3) is 0 Å². The minimum absolute atomic E-state index is 0.253. The van der Waals surface area contributed by atoms with Gasteiger partial charge < -0.3 is 14.4 Å². The molecule has 3 heterocycles. The average molecular weight is 462 g/mol. The number of hydrogen-bond donors (Lipinski definition) is 2. The lowest BCUT2D eigenvalue weighted by atomic mass is 9.76. The van der Waals surface area contributed by atoms with E-state index in [1.165, 1.54) is 28.8 Å². The van der Waals surface area contributed by atoms with Gasteiger partial charge in [0.15, 0.2) is 0 Å². The van der Waals surface area contributed by atoms with Crippen molar-refractivity contribution in [1.29, 1.82) is 0 Å². The van der Waals surface area contributed by atoms with Gasteiger partial charge in [-0.2, -0.15) is 5.10 Å². The standard InChI is InChI=1S/C27H28FN3O3/c28-20-5-7-21(8-6-20)31-24-13-19-15-29-30-23(19)14-22(24)25(26(31)17-9-11-34-12-10-17)16-1-3-18(4-2-16)27(32)33/h5-8,13-18H,1-4,9-12H2,(H,29,30)(H,32,33)/t16-,18-. The topological polar surface area (TPSA) is 80.1 Å². The monoisotopic (exact) mass is 461 g/mol. The summed E-state index contributed by atoms with van der Waals surface area (Å²) in [5, 5.41) is 19.1. The Balaban J connectivity index is 1.60. The Morgan fingerprint density at radius 2 is 1.76 bits per heavy atom. The van der Waals surface area contributed by atoms with E-state index in [-0.39, 0.29) is 17.7 Å². The molecule has 2 N–H and O–H groups in total. The number of nitrogens with one attached hydrogen (secondary N) is 1. The Morgan fingerprint density at radius 3 is 2.47 bits per heavy atom. The summed E-state index contributed by atoms with van der Waals surface area (Å²) in [6, 6.07) is 11.1. The van der Waals surface area contributed by atoms with Crippen LogP contribution in [0.1, 0.15) is 61.6 Å². The van der Waals surface area contributed by atoms with Gasteiger partial charge >= 0.3 is 5.97 Å². The van der Waals surface area contributed by atoms with Gasteiger partial charge in [-0.3, -0.25) is 9.89 Å². The first-order chi connectivity index (χ1) is 16.6. The maximum absolute atomic E-state index is 13.8. The second kappa shape index (κ2) is 8.55. The van der Waals surface area contributed by atoms with Crippen LogP contribution in [0.25, 0.3) is 27.5 Å². The zero-order valence-corrected chi connectivity index (χ0v) is 19.0. The van der Waals surface area contributed by atoms with Crippen molar-refractivity contribution in [3.63, 3.8) is 0 Å². The number of rotatable bonds is 4. The third-order valence-corrected chi connectivity index (χ3v) is 7.78. The summed E-state index contributed by atoms with van der Waals surface area (Å²) in [7, 11) is 0. The molecule has 0 unspecified atom stereocenters. The molecule has 4 aromatic rings. The summed E-state index contributed by atoms with van der Waals surface area (Å²) < 4.78 is 21.9. The van der Waals surface area contributed by atoms with Crippen LogP contribution in [0.4, 0.5) is 4.39 Å². The third kappa shape index (κ3) is 3.59. The molecule has 0 spiro atoms. The van der Waals surface area contributed by atoms with Crippen molar-refractivity contribution in [2.24, 2.45) is 5.92 Å². The van der Waals surface area contributed by atoms with Crippen LogP contribution in [-0.4, -0.2) is 39.1 Å². The molecule has 1 aliphatic carbocycles. The summed E-state index contributed by atoms with van der Waals surface area (Å²) in [6.07, 6.45) is 6.82. The van der Waals surface area contributed by atoms with Crippen molar-refractivity contribution < 1.29 is 19.0 Å². The molecule has 0 amide bonds. The zero-order valence-electron chi connectivity index (χ0n) is 19.0. The second-order valence-corrected chi connectivity index (χ2v) is 9.71. The van der Waals surface area contributed by atoms with E-state index in [1.54, 1.807) is 0 Å². The van der Waals surface area contributed by atoms with Crippen LogP contribution in [0.15, 0.2) is 42.6 Å². The quantitative estimate of drug-likeness (QED) is 0.397. The predicted octanol–water partition coefficient (Wildman–Crippen LogP) is 5.90. The highest BCUT2D eigenvalue weighted by atomic mass is 19.1. The first kappa shape index (κ1) is 21.4. The van der Waals surface area contributed by atoms with Gasteiger partial charge in [0.05, 0.1) is 23.1 Å². The molecule has 7 heteroatoms. The fourth-order valence-corrected chi connectivity index (χ4v) is 6.07. The maximum Gasteiger partial charge on any atom is 0.306 e. The normalized spacial score (nSPS) is 21.9. The van der Waals surface area contributed by atoms with Crippen molar-refractivity contribution in [3.05, 3.63) is 59.7 Å². The molecule has 0 atom stereocenters. The predicted molar refractivity (Wildman–Crippen MR) is 128 cm³/mol. The molecule has 1 saturated heterocycles. The molecule has 1 saturated carbocycles. The van der Waals surface area contributed by atoms with Crippen LogP contribution >= 0.6 is 0 Å². The number of ether oxygens (including phenoxy) is 1. The van der Waals surface area contributed by atoms with E-state index in [0.717, 1.165) is 61.0 Å². The number of aromatic amines is 1. The molecule has 34 heavy (non-hydrogen) atoms. The molecule has 176 valence electrons. The van der Waals surface area contributed by atoms with Crippen LogP contribution in [-0.2, 0) is 9.53 Å². The molecule has 2 aromatic carbocycles. The third-order valence-electron chi connectivity index (χ3n) is 7.78. The van der Waals surface area contributed by atoms with Crippen molar-refractivity contribution in [2.45, 2.75) is 50.4 Å². The lowest BCUT2D eigenvalue weighted by Crippen LogP contribution is -2.23. The van der Waals surface area contributed by atoms with Crippen LogP contribution in [0.2, 0.25) is 0 Å².